The van der Waals surface area contributed by atoms with Gasteiger partial charge in [-0.3, -0.25) is 4.79 Å². The molecule has 1 aliphatic rings. The minimum absolute atomic E-state index is 0.0454. The van der Waals surface area contributed by atoms with Crippen LogP contribution in [0.4, 0.5) is 0 Å². The average Bonchev–Trinajstić information content (AvgIpc) is 3.30. The highest BCUT2D eigenvalue weighted by Crippen LogP contribution is 2.33. The van der Waals surface area contributed by atoms with Gasteiger partial charge in [0.2, 0.25) is 6.79 Å². The Morgan fingerprint density at radius 2 is 1.78 bits per heavy atom. The lowest BCUT2D eigenvalue weighted by atomic mass is 10.1. The molecule has 0 saturated carbocycles. The van der Waals surface area contributed by atoms with E-state index >= 15 is 0 Å². The van der Waals surface area contributed by atoms with E-state index in [1.54, 1.807) is 19.1 Å². The van der Waals surface area contributed by atoms with Crippen LogP contribution in [0.25, 0.3) is 0 Å². The Bertz CT molecular complexity index is 1290. The van der Waals surface area contributed by atoms with Crippen molar-refractivity contribution >= 4 is 11.8 Å². The van der Waals surface area contributed by atoms with Gasteiger partial charge in [0.15, 0.2) is 17.3 Å². The molecule has 8 heteroatoms. The summed E-state index contributed by atoms with van der Waals surface area (Å²) in [6, 6.07) is 16.6. The smallest absolute Gasteiger partial charge is 0.339 e. The normalized spacial score (nSPS) is 12.0. The third kappa shape index (κ3) is 7.01. The zero-order valence-electron chi connectivity index (χ0n) is 21.2. The summed E-state index contributed by atoms with van der Waals surface area (Å²) < 4.78 is 22.3. The topological polar surface area (TPSA) is 103 Å². The van der Waals surface area contributed by atoms with Crippen molar-refractivity contribution in [2.75, 3.05) is 13.3 Å². The number of aromatic carboxylic acids is 1. The summed E-state index contributed by atoms with van der Waals surface area (Å²) in [5.74, 6) is 1.22. The maximum atomic E-state index is 12.4. The molecule has 3 aromatic carbocycles. The van der Waals surface area contributed by atoms with E-state index in [1.807, 2.05) is 56.3 Å². The molecule has 8 nitrogen and oxygen atoms in total. The molecule has 2 N–H and O–H groups in total. The maximum Gasteiger partial charge on any atom is 0.339 e. The van der Waals surface area contributed by atoms with Gasteiger partial charge in [0.05, 0.1) is 12.6 Å². The number of hydrogen-bond acceptors (Lipinski definition) is 7. The molecule has 4 rings (SSSR count). The maximum absolute atomic E-state index is 12.4. The fraction of sp³-hybridized carbons (Fsp3) is 0.310. The van der Waals surface area contributed by atoms with E-state index in [-0.39, 0.29) is 43.1 Å². The first kappa shape index (κ1) is 26.0. The van der Waals surface area contributed by atoms with Crippen LogP contribution >= 0.6 is 0 Å². The number of aryl methyl sites for hydroxylation is 1. The average molecular weight is 506 g/mol. The monoisotopic (exact) mass is 505 g/mol. The first-order valence-corrected chi connectivity index (χ1v) is 12.1. The van der Waals surface area contributed by atoms with Gasteiger partial charge in [0.1, 0.15) is 23.7 Å². The Kier molecular flexibility index (Phi) is 8.30. The summed E-state index contributed by atoms with van der Waals surface area (Å²) in [5, 5.41) is 12.9. The van der Waals surface area contributed by atoms with Gasteiger partial charge in [-0.1, -0.05) is 30.3 Å². The van der Waals surface area contributed by atoms with Gasteiger partial charge in [-0.25, -0.2) is 4.79 Å². The van der Waals surface area contributed by atoms with Crippen LogP contribution in [-0.4, -0.2) is 36.3 Å². The van der Waals surface area contributed by atoms with Gasteiger partial charge in [0, 0.05) is 19.0 Å². The van der Waals surface area contributed by atoms with Crippen LogP contribution in [0.15, 0.2) is 54.6 Å². The Morgan fingerprint density at radius 1 is 1.00 bits per heavy atom. The lowest BCUT2D eigenvalue weighted by Gasteiger charge is -2.16. The number of benzene rings is 3. The molecular formula is C29H31NO7. The standard InChI is InChI=1S/C29H31NO7/c1-18(2)37-24-9-19(3)28(29(32)33)27(13-24)34-16-22-6-4-5-21(10-22)14-30-15-23(31)11-20-7-8-25-26(12-20)36-17-35-25/h4-10,12-13,18,30H,11,14-17H2,1-3H3,(H,32,33). The van der Waals surface area contributed by atoms with Crippen molar-refractivity contribution in [2.24, 2.45) is 0 Å². The van der Waals surface area contributed by atoms with Crippen molar-refractivity contribution < 1.29 is 33.6 Å². The van der Waals surface area contributed by atoms with E-state index in [2.05, 4.69) is 5.32 Å². The molecule has 0 atom stereocenters. The number of fused-ring (bicyclic) bond motifs is 1. The third-order valence-electron chi connectivity index (χ3n) is 5.73. The molecule has 0 spiro atoms. The minimum atomic E-state index is -1.05. The van der Waals surface area contributed by atoms with Crippen LogP contribution in [0.1, 0.15) is 46.5 Å². The van der Waals surface area contributed by atoms with Crippen LogP contribution in [0.5, 0.6) is 23.0 Å². The van der Waals surface area contributed by atoms with Crippen molar-refractivity contribution in [2.45, 2.75) is 46.4 Å². The predicted octanol–water partition coefficient (Wildman–Crippen LogP) is 4.69. The first-order chi connectivity index (χ1) is 17.8. The molecule has 3 aromatic rings. The van der Waals surface area contributed by atoms with E-state index in [0.717, 1.165) is 16.7 Å². The fourth-order valence-electron chi connectivity index (χ4n) is 4.13. The van der Waals surface area contributed by atoms with Gasteiger partial charge in [0.25, 0.3) is 0 Å². The fourth-order valence-corrected chi connectivity index (χ4v) is 4.13. The molecule has 0 saturated heterocycles. The quantitative estimate of drug-likeness (QED) is 0.366. The van der Waals surface area contributed by atoms with Gasteiger partial charge in [-0.15, -0.1) is 0 Å². The Labute approximate surface area is 216 Å². The third-order valence-corrected chi connectivity index (χ3v) is 5.73. The van der Waals surface area contributed by atoms with Crippen LogP contribution in [0.3, 0.4) is 0 Å². The van der Waals surface area contributed by atoms with E-state index in [9.17, 15) is 14.7 Å². The molecule has 0 aliphatic carbocycles. The molecule has 0 amide bonds. The molecule has 37 heavy (non-hydrogen) atoms. The van der Waals surface area contributed by atoms with E-state index in [1.165, 1.54) is 0 Å². The van der Waals surface area contributed by atoms with Crippen molar-refractivity contribution in [3.05, 3.63) is 82.4 Å². The lowest BCUT2D eigenvalue weighted by molar-refractivity contribution is -0.117. The molecule has 0 aromatic heterocycles. The van der Waals surface area contributed by atoms with Crippen molar-refractivity contribution in [1.29, 1.82) is 0 Å². The van der Waals surface area contributed by atoms with Gasteiger partial charge < -0.3 is 29.4 Å². The Balaban J connectivity index is 1.32. The largest absolute Gasteiger partial charge is 0.491 e. The Hall–Kier alpha value is -4.04. The second-order valence-corrected chi connectivity index (χ2v) is 9.20. The number of Topliss-reactive ketones (excluding diaryl/α,β-unsaturated/α-hetero) is 1. The minimum Gasteiger partial charge on any atom is -0.491 e. The Morgan fingerprint density at radius 3 is 2.57 bits per heavy atom. The van der Waals surface area contributed by atoms with E-state index in [0.29, 0.717) is 35.8 Å². The second-order valence-electron chi connectivity index (χ2n) is 9.20. The molecule has 1 heterocycles. The van der Waals surface area contributed by atoms with Crippen LogP contribution < -0.4 is 24.3 Å². The number of hydrogen-bond donors (Lipinski definition) is 2. The number of carboxylic acids is 1. The van der Waals surface area contributed by atoms with Crippen LogP contribution in [0.2, 0.25) is 0 Å². The molecular weight excluding hydrogens is 474 g/mol. The summed E-state index contributed by atoms with van der Waals surface area (Å²) in [6.45, 7) is 6.69. The van der Waals surface area contributed by atoms with Crippen molar-refractivity contribution in [3.63, 3.8) is 0 Å². The van der Waals surface area contributed by atoms with Gasteiger partial charge >= 0.3 is 5.97 Å². The number of carboxylic acid groups (broad SMARTS) is 1. The number of rotatable bonds is 12. The van der Waals surface area contributed by atoms with Gasteiger partial charge in [-0.05, 0) is 61.2 Å². The number of carbonyl (C=O) groups excluding carboxylic acids is 1. The van der Waals surface area contributed by atoms with E-state index in [4.69, 9.17) is 18.9 Å². The number of ketones is 1. The molecule has 0 unspecified atom stereocenters. The summed E-state index contributed by atoms with van der Waals surface area (Å²) in [7, 11) is 0. The number of carbonyl (C=O) groups is 2. The number of ether oxygens (including phenoxy) is 4. The lowest BCUT2D eigenvalue weighted by Crippen LogP contribution is -2.23. The molecule has 0 bridgehead atoms. The van der Waals surface area contributed by atoms with Crippen molar-refractivity contribution in [3.8, 4) is 23.0 Å². The highest BCUT2D eigenvalue weighted by Gasteiger charge is 2.18. The highest BCUT2D eigenvalue weighted by molar-refractivity contribution is 5.93. The summed E-state index contributed by atoms with van der Waals surface area (Å²) in [5.41, 5.74) is 3.45. The summed E-state index contributed by atoms with van der Waals surface area (Å²) in [6.07, 6.45) is 0.263. The van der Waals surface area contributed by atoms with Crippen LogP contribution in [-0.2, 0) is 24.4 Å². The zero-order chi connectivity index (χ0) is 26.4. The first-order valence-electron chi connectivity index (χ1n) is 12.1. The molecule has 194 valence electrons. The van der Waals surface area contributed by atoms with Crippen molar-refractivity contribution in [1.82, 2.24) is 5.32 Å². The molecule has 0 radical (unpaired) electrons. The van der Waals surface area contributed by atoms with E-state index < -0.39 is 5.97 Å². The predicted molar refractivity (Wildman–Crippen MR) is 138 cm³/mol. The SMILES string of the molecule is Cc1cc(OC(C)C)cc(OCc2cccc(CNCC(=O)Cc3ccc4c(c3)OCO4)c2)c1C(=O)O. The summed E-state index contributed by atoms with van der Waals surface area (Å²) in [4.78, 5) is 24.2. The highest BCUT2D eigenvalue weighted by atomic mass is 16.7. The summed E-state index contributed by atoms with van der Waals surface area (Å²) >= 11 is 0. The van der Waals surface area contributed by atoms with Crippen LogP contribution in [0, 0.1) is 6.92 Å². The zero-order valence-corrected chi connectivity index (χ0v) is 21.2. The molecule has 1 aliphatic heterocycles. The van der Waals surface area contributed by atoms with Gasteiger partial charge in [-0.2, -0.15) is 0 Å². The molecule has 0 fully saturated rings. The second kappa shape index (κ2) is 11.8. The number of nitrogens with one attached hydrogen (secondary N) is 1.